The number of aromatic nitrogens is 2. The highest BCUT2D eigenvalue weighted by molar-refractivity contribution is 6.74. The lowest BCUT2D eigenvalue weighted by atomic mass is 10.0. The van der Waals surface area contributed by atoms with Gasteiger partial charge in [-0.2, -0.15) is 26.3 Å². The minimum atomic E-state index is -5.07. The van der Waals surface area contributed by atoms with Gasteiger partial charge in [0.1, 0.15) is 18.0 Å². The molecular formula is C32H44F6N2O5Si2. The van der Waals surface area contributed by atoms with Crippen molar-refractivity contribution in [1.29, 1.82) is 0 Å². The van der Waals surface area contributed by atoms with Crippen molar-refractivity contribution in [1.82, 2.24) is 9.55 Å². The van der Waals surface area contributed by atoms with Gasteiger partial charge in [0, 0.05) is 17.5 Å². The minimum Gasteiger partial charge on any atom is -0.414 e. The Labute approximate surface area is 273 Å². The maximum absolute atomic E-state index is 13.5. The molecule has 0 unspecified atom stereocenters. The molecule has 1 aliphatic rings. The van der Waals surface area contributed by atoms with Crippen LogP contribution in [0.15, 0.2) is 27.8 Å². The van der Waals surface area contributed by atoms with Crippen molar-refractivity contribution in [2.75, 3.05) is 6.61 Å². The fraction of sp³-hybridized carbons (Fsp3) is 0.625. The van der Waals surface area contributed by atoms with Gasteiger partial charge in [-0.05, 0) is 67.3 Å². The lowest BCUT2D eigenvalue weighted by Gasteiger charge is -2.40. The molecule has 1 saturated heterocycles. The summed E-state index contributed by atoms with van der Waals surface area (Å²) in [4.78, 5) is 28.1. The second kappa shape index (κ2) is 13.0. The Morgan fingerprint density at radius 2 is 1.38 bits per heavy atom. The number of rotatable bonds is 6. The van der Waals surface area contributed by atoms with Gasteiger partial charge in [-0.1, -0.05) is 47.5 Å². The number of alkyl halides is 6. The molecule has 0 spiro atoms. The number of halogens is 6. The smallest absolute Gasteiger partial charge is 0.414 e. The molecule has 262 valence electrons. The molecule has 1 aliphatic heterocycles. The molecule has 0 radical (unpaired) electrons. The highest BCUT2D eigenvalue weighted by Gasteiger charge is 2.47. The summed E-state index contributed by atoms with van der Waals surface area (Å²) in [6.07, 6.45) is -12.2. The summed E-state index contributed by atoms with van der Waals surface area (Å²) in [6, 6.07) is 0.966. The zero-order valence-corrected chi connectivity index (χ0v) is 30.6. The van der Waals surface area contributed by atoms with E-state index in [4.69, 9.17) is 13.6 Å². The van der Waals surface area contributed by atoms with Crippen LogP contribution in [0.2, 0.25) is 36.3 Å². The zero-order valence-electron chi connectivity index (χ0n) is 28.6. The predicted molar refractivity (Wildman–Crippen MR) is 172 cm³/mol. The lowest BCUT2D eigenvalue weighted by Crippen LogP contribution is -2.48. The SMILES string of the molecule is Cc1c(C#Cc2cc(C(F)(F)F)cc(C(F)(F)F)c2)n([C@H]2C[C@H](O[Si](C)(C)C(C)(C)C)[C@@H](CO[Si](C)(C)C(C)(C)C)O2)c(=O)[nH]c1=O. The number of benzene rings is 1. The summed E-state index contributed by atoms with van der Waals surface area (Å²) < 4.78 is 101. The Hall–Kier alpha value is -2.65. The Morgan fingerprint density at radius 3 is 1.85 bits per heavy atom. The molecule has 0 bridgehead atoms. The molecule has 15 heteroatoms. The third-order valence-corrected chi connectivity index (χ3v) is 18.4. The first kappa shape index (κ1) is 38.8. The maximum atomic E-state index is 13.5. The van der Waals surface area contributed by atoms with Crippen molar-refractivity contribution in [3.05, 3.63) is 67.0 Å². The topological polar surface area (TPSA) is 82.6 Å². The molecule has 2 aromatic rings. The molecule has 0 aliphatic carbocycles. The maximum Gasteiger partial charge on any atom is 0.416 e. The van der Waals surface area contributed by atoms with Crippen LogP contribution >= 0.6 is 0 Å². The van der Waals surface area contributed by atoms with Crippen molar-refractivity contribution in [3.63, 3.8) is 0 Å². The fourth-order valence-corrected chi connectivity index (χ4v) is 6.79. The van der Waals surface area contributed by atoms with E-state index >= 15 is 0 Å². The average Bonchev–Trinajstić information content (AvgIpc) is 3.27. The molecule has 47 heavy (non-hydrogen) atoms. The van der Waals surface area contributed by atoms with Crippen LogP contribution in [0.25, 0.3) is 0 Å². The van der Waals surface area contributed by atoms with Gasteiger partial charge in [0.05, 0.1) is 23.8 Å². The highest BCUT2D eigenvalue weighted by Crippen LogP contribution is 2.43. The Bertz CT molecular complexity index is 1620. The molecule has 1 aromatic heterocycles. The van der Waals surface area contributed by atoms with Crippen LogP contribution in [-0.2, 0) is 25.9 Å². The molecule has 2 heterocycles. The number of hydrogen-bond donors (Lipinski definition) is 1. The van der Waals surface area contributed by atoms with Crippen LogP contribution in [0.5, 0.6) is 0 Å². The largest absolute Gasteiger partial charge is 0.416 e. The van der Waals surface area contributed by atoms with Crippen LogP contribution < -0.4 is 11.2 Å². The monoisotopic (exact) mass is 706 g/mol. The van der Waals surface area contributed by atoms with E-state index in [2.05, 4.69) is 84.6 Å². The molecule has 3 atom stereocenters. The van der Waals surface area contributed by atoms with E-state index in [1.54, 1.807) is 0 Å². The van der Waals surface area contributed by atoms with Crippen molar-refractivity contribution in [2.24, 2.45) is 0 Å². The summed E-state index contributed by atoms with van der Waals surface area (Å²) in [5.41, 5.74) is -5.64. The summed E-state index contributed by atoms with van der Waals surface area (Å²) in [7, 11) is -4.63. The molecule has 3 rings (SSSR count). The van der Waals surface area contributed by atoms with Crippen LogP contribution in [0.3, 0.4) is 0 Å². The first-order valence-corrected chi connectivity index (χ1v) is 21.0. The number of nitrogens with one attached hydrogen (secondary N) is 1. The standard InChI is InChI=1S/C32H44F6N2O5Si2/c1-19-23(13-12-20-14-21(31(33,34)35)16-22(15-20)32(36,37)38)40(28(42)39-27(19)41)26-17-24(45-47(10,11)30(5,6)7)25(44-26)18-43-46(8,9)29(2,3)4/h14-16,24-26H,17-18H2,1-11H3,(H,39,41,42)/t24-,25+,26+/m0/s1. The zero-order chi connectivity index (χ0) is 36.1. The van der Waals surface area contributed by atoms with E-state index in [0.717, 1.165) is 4.57 Å². The summed E-state index contributed by atoms with van der Waals surface area (Å²) >= 11 is 0. The van der Waals surface area contributed by atoms with Crippen molar-refractivity contribution in [2.45, 2.75) is 122 Å². The van der Waals surface area contributed by atoms with Gasteiger partial charge in [-0.3, -0.25) is 14.3 Å². The highest BCUT2D eigenvalue weighted by atomic mass is 28.4. The van der Waals surface area contributed by atoms with Crippen LogP contribution in [0.1, 0.15) is 82.1 Å². The summed E-state index contributed by atoms with van der Waals surface area (Å²) in [5.74, 6) is 4.84. The Morgan fingerprint density at radius 1 is 0.872 bits per heavy atom. The van der Waals surface area contributed by atoms with E-state index in [0.29, 0.717) is 12.1 Å². The number of ether oxygens (including phenoxy) is 1. The normalized spacial score (nSPS) is 19.9. The molecule has 1 N–H and O–H groups in total. The Balaban J connectivity index is 2.14. The van der Waals surface area contributed by atoms with Crippen LogP contribution in [-0.4, -0.2) is 45.0 Å². The molecule has 0 saturated carbocycles. The fourth-order valence-electron chi connectivity index (χ4n) is 4.42. The van der Waals surface area contributed by atoms with Gasteiger partial charge in [-0.15, -0.1) is 0 Å². The number of nitrogens with zero attached hydrogens (tertiary/aromatic N) is 1. The second-order valence-corrected chi connectivity index (χ2v) is 24.6. The molecule has 0 amide bonds. The number of aromatic amines is 1. The van der Waals surface area contributed by atoms with E-state index in [1.807, 2.05) is 0 Å². The van der Waals surface area contributed by atoms with Gasteiger partial charge in [-0.25, -0.2) is 4.79 Å². The quantitative estimate of drug-likeness (QED) is 0.187. The minimum absolute atomic E-state index is 0.000495. The summed E-state index contributed by atoms with van der Waals surface area (Å²) in [6.45, 7) is 22.4. The van der Waals surface area contributed by atoms with Gasteiger partial charge in [0.2, 0.25) is 0 Å². The van der Waals surface area contributed by atoms with Crippen molar-refractivity contribution < 1.29 is 39.9 Å². The van der Waals surface area contributed by atoms with Crippen molar-refractivity contribution in [3.8, 4) is 11.8 Å². The molecule has 1 aromatic carbocycles. The molecule has 1 fully saturated rings. The average molecular weight is 707 g/mol. The first-order chi connectivity index (χ1) is 21.0. The van der Waals surface area contributed by atoms with E-state index in [-0.39, 0.29) is 40.4 Å². The second-order valence-electron chi connectivity index (χ2n) is 15.0. The third kappa shape index (κ3) is 8.88. The van der Waals surface area contributed by atoms with Crippen LogP contribution in [0.4, 0.5) is 26.3 Å². The van der Waals surface area contributed by atoms with Gasteiger partial charge in [0.15, 0.2) is 16.6 Å². The number of hydrogen-bond acceptors (Lipinski definition) is 5. The third-order valence-electron chi connectivity index (χ3n) is 9.42. The van der Waals surface area contributed by atoms with Gasteiger partial charge >= 0.3 is 18.0 Å². The van der Waals surface area contributed by atoms with Crippen molar-refractivity contribution >= 4 is 16.6 Å². The van der Waals surface area contributed by atoms with Gasteiger partial charge in [0.25, 0.3) is 5.56 Å². The van der Waals surface area contributed by atoms with Crippen LogP contribution in [0, 0.1) is 18.8 Å². The lowest BCUT2D eigenvalue weighted by molar-refractivity contribution is -0.143. The molecule has 7 nitrogen and oxygen atoms in total. The van der Waals surface area contributed by atoms with E-state index in [9.17, 15) is 35.9 Å². The number of H-pyrrole nitrogens is 1. The van der Waals surface area contributed by atoms with Gasteiger partial charge < -0.3 is 13.6 Å². The van der Waals surface area contributed by atoms with E-state index < -0.39 is 75.4 Å². The Kier molecular flexibility index (Phi) is 10.7. The first-order valence-electron chi connectivity index (χ1n) is 15.2. The predicted octanol–water partition coefficient (Wildman–Crippen LogP) is 7.98. The summed E-state index contributed by atoms with van der Waals surface area (Å²) in [5, 5.41) is -0.274. The van der Waals surface area contributed by atoms with E-state index in [1.165, 1.54) is 6.92 Å². The molecular weight excluding hydrogens is 663 g/mol.